The molecule has 1 unspecified atom stereocenters. The first-order valence-electron chi connectivity index (χ1n) is 2.73. The quantitative estimate of drug-likeness (QED) is 0.629. The molecule has 0 rings (SSSR count). The zero-order valence-corrected chi connectivity index (χ0v) is 7.10. The minimum Gasteiger partial charge on any atom is -0.0815 e. The average Bonchev–Trinajstić information content (AvgIpc) is 1.68. The smallest absolute Gasteiger partial charge is 0.0230 e. The van der Waals surface area contributed by atoms with Gasteiger partial charge in [-0.15, -0.1) is 0 Å². The Kier molecular flexibility index (Phi) is 5.39. The van der Waals surface area contributed by atoms with Crippen molar-refractivity contribution in [2.45, 2.75) is 26.7 Å². The summed E-state index contributed by atoms with van der Waals surface area (Å²) in [6.45, 7) is 4.50. The minimum absolute atomic E-state index is 0.886. The van der Waals surface area contributed by atoms with E-state index in [1.54, 1.807) is 0 Å². The van der Waals surface area contributed by atoms with E-state index in [0.717, 1.165) is 5.92 Å². The van der Waals surface area contributed by atoms with E-state index in [-0.39, 0.29) is 0 Å². The average molecular weight is 211 g/mol. The topological polar surface area (TPSA) is 0 Å². The SMILES string of the molecule is CCC(C)C[CH]I. The highest BCUT2D eigenvalue weighted by atomic mass is 127. The Morgan fingerprint density at radius 3 is 2.43 bits per heavy atom. The minimum atomic E-state index is 0.886. The van der Waals surface area contributed by atoms with Crippen LogP contribution in [0.5, 0.6) is 0 Å². The molecule has 0 aromatic heterocycles. The van der Waals surface area contributed by atoms with Crippen LogP contribution in [0.4, 0.5) is 0 Å². The lowest BCUT2D eigenvalue weighted by molar-refractivity contribution is 0.568. The lowest BCUT2D eigenvalue weighted by Crippen LogP contribution is -1.87. The van der Waals surface area contributed by atoms with Crippen molar-refractivity contribution in [3.8, 4) is 0 Å². The fraction of sp³-hybridized carbons (Fsp3) is 0.833. The van der Waals surface area contributed by atoms with Crippen LogP contribution in [-0.2, 0) is 0 Å². The molecule has 0 fully saturated rings. The predicted octanol–water partition coefficient (Wildman–Crippen LogP) is 3.02. The highest BCUT2D eigenvalue weighted by molar-refractivity contribution is 14.1. The van der Waals surface area contributed by atoms with Gasteiger partial charge in [0.2, 0.25) is 0 Å². The molecule has 0 aromatic rings. The van der Waals surface area contributed by atoms with Gasteiger partial charge in [-0.25, -0.2) is 0 Å². The molecule has 0 aliphatic carbocycles. The zero-order chi connectivity index (χ0) is 5.70. The van der Waals surface area contributed by atoms with E-state index >= 15 is 0 Å². The van der Waals surface area contributed by atoms with Crippen LogP contribution < -0.4 is 0 Å². The molecule has 0 saturated carbocycles. The van der Waals surface area contributed by atoms with Gasteiger partial charge in [0.15, 0.2) is 0 Å². The Morgan fingerprint density at radius 1 is 1.71 bits per heavy atom. The van der Waals surface area contributed by atoms with E-state index < -0.39 is 0 Å². The fourth-order valence-electron chi connectivity index (χ4n) is 0.319. The van der Waals surface area contributed by atoms with Gasteiger partial charge in [0.25, 0.3) is 0 Å². The van der Waals surface area contributed by atoms with Crippen molar-refractivity contribution in [1.82, 2.24) is 0 Å². The summed E-state index contributed by atoms with van der Waals surface area (Å²) in [5.74, 6) is 0.886. The molecule has 0 nitrogen and oxygen atoms in total. The highest BCUT2D eigenvalue weighted by Gasteiger charge is 1.93. The van der Waals surface area contributed by atoms with Crippen molar-refractivity contribution in [3.63, 3.8) is 0 Å². The lowest BCUT2D eigenvalue weighted by atomic mass is 10.1. The third kappa shape index (κ3) is 4.59. The Bertz CT molecular complexity index is 35.2. The highest BCUT2D eigenvalue weighted by Crippen LogP contribution is 2.10. The molecular weight excluding hydrogens is 199 g/mol. The number of hydrogen-bond acceptors (Lipinski definition) is 0. The Balaban J connectivity index is 2.83. The molecule has 0 saturated heterocycles. The van der Waals surface area contributed by atoms with E-state index in [0.29, 0.717) is 0 Å². The fourth-order valence-corrected chi connectivity index (χ4v) is 1.19. The van der Waals surface area contributed by atoms with Crippen molar-refractivity contribution in [1.29, 1.82) is 0 Å². The molecule has 1 atom stereocenters. The molecular formula is C6H12I. The first kappa shape index (κ1) is 7.73. The molecule has 0 spiro atoms. The van der Waals surface area contributed by atoms with Gasteiger partial charge >= 0.3 is 0 Å². The molecule has 43 valence electrons. The van der Waals surface area contributed by atoms with Gasteiger partial charge in [0, 0.05) is 4.43 Å². The number of hydrogen-bond donors (Lipinski definition) is 0. The van der Waals surface area contributed by atoms with Crippen molar-refractivity contribution < 1.29 is 0 Å². The summed E-state index contributed by atoms with van der Waals surface area (Å²) < 4.78 is 2.20. The molecule has 1 heteroatoms. The van der Waals surface area contributed by atoms with Crippen LogP contribution in [0.15, 0.2) is 0 Å². The summed E-state index contributed by atoms with van der Waals surface area (Å²) in [5, 5.41) is 0. The van der Waals surface area contributed by atoms with Gasteiger partial charge in [-0.1, -0.05) is 42.9 Å². The second-order valence-electron chi connectivity index (χ2n) is 1.90. The number of halogens is 1. The van der Waals surface area contributed by atoms with Gasteiger partial charge in [0.1, 0.15) is 0 Å². The molecule has 0 amide bonds. The zero-order valence-electron chi connectivity index (χ0n) is 4.95. The Hall–Kier alpha value is 0.730. The van der Waals surface area contributed by atoms with E-state index in [1.165, 1.54) is 12.8 Å². The summed E-state index contributed by atoms with van der Waals surface area (Å²) in [6, 6.07) is 0. The largest absolute Gasteiger partial charge is 0.0815 e. The third-order valence-corrected chi connectivity index (χ3v) is 1.70. The molecule has 0 aliphatic heterocycles. The van der Waals surface area contributed by atoms with Crippen LogP contribution in [0, 0.1) is 10.3 Å². The third-order valence-electron chi connectivity index (χ3n) is 1.19. The van der Waals surface area contributed by atoms with E-state index in [2.05, 4.69) is 40.9 Å². The summed E-state index contributed by atoms with van der Waals surface area (Å²) in [6.07, 6.45) is 2.57. The van der Waals surface area contributed by atoms with Crippen LogP contribution >= 0.6 is 22.6 Å². The van der Waals surface area contributed by atoms with Gasteiger partial charge < -0.3 is 0 Å². The molecule has 0 aromatic carbocycles. The van der Waals surface area contributed by atoms with Crippen LogP contribution in [0.3, 0.4) is 0 Å². The van der Waals surface area contributed by atoms with E-state index in [4.69, 9.17) is 0 Å². The first-order valence-corrected chi connectivity index (χ1v) is 3.97. The molecule has 1 radical (unpaired) electrons. The van der Waals surface area contributed by atoms with Gasteiger partial charge in [-0.3, -0.25) is 0 Å². The molecule has 0 heterocycles. The predicted molar refractivity (Wildman–Crippen MR) is 42.4 cm³/mol. The maximum atomic E-state index is 2.30. The van der Waals surface area contributed by atoms with Crippen LogP contribution in [0.1, 0.15) is 26.7 Å². The first-order chi connectivity index (χ1) is 3.31. The summed E-state index contributed by atoms with van der Waals surface area (Å²) >= 11 is 2.30. The summed E-state index contributed by atoms with van der Waals surface area (Å²) in [5.41, 5.74) is 0. The second kappa shape index (κ2) is 4.88. The summed E-state index contributed by atoms with van der Waals surface area (Å²) in [4.78, 5) is 0. The van der Waals surface area contributed by atoms with Crippen molar-refractivity contribution in [2.75, 3.05) is 0 Å². The standard InChI is InChI=1S/C6H12I/c1-3-6(2)4-5-7/h5-6H,3-4H2,1-2H3. The van der Waals surface area contributed by atoms with Crippen molar-refractivity contribution in [2.24, 2.45) is 5.92 Å². The second-order valence-corrected chi connectivity index (χ2v) is 2.78. The van der Waals surface area contributed by atoms with Crippen molar-refractivity contribution >= 4 is 22.6 Å². The van der Waals surface area contributed by atoms with Gasteiger partial charge in [-0.05, 0) is 12.3 Å². The maximum Gasteiger partial charge on any atom is 0.0230 e. The molecule has 0 aliphatic rings. The van der Waals surface area contributed by atoms with Crippen molar-refractivity contribution in [3.05, 3.63) is 4.43 Å². The summed E-state index contributed by atoms with van der Waals surface area (Å²) in [7, 11) is 0. The van der Waals surface area contributed by atoms with E-state index in [9.17, 15) is 0 Å². The Morgan fingerprint density at radius 2 is 2.29 bits per heavy atom. The molecule has 0 bridgehead atoms. The number of rotatable bonds is 3. The maximum absolute atomic E-state index is 2.30. The van der Waals surface area contributed by atoms with E-state index in [1.807, 2.05) is 0 Å². The lowest BCUT2D eigenvalue weighted by Gasteiger charge is -2.01. The monoisotopic (exact) mass is 211 g/mol. The molecule has 0 N–H and O–H groups in total. The van der Waals surface area contributed by atoms with Gasteiger partial charge in [0.05, 0.1) is 0 Å². The van der Waals surface area contributed by atoms with Crippen LogP contribution in [0.2, 0.25) is 0 Å². The van der Waals surface area contributed by atoms with Crippen LogP contribution in [0.25, 0.3) is 0 Å². The normalized spacial score (nSPS) is 14.1. The van der Waals surface area contributed by atoms with Gasteiger partial charge in [-0.2, -0.15) is 0 Å². The Labute approximate surface area is 59.8 Å². The van der Waals surface area contributed by atoms with Crippen LogP contribution in [-0.4, -0.2) is 0 Å². The molecule has 7 heavy (non-hydrogen) atoms.